The summed E-state index contributed by atoms with van der Waals surface area (Å²) in [6.07, 6.45) is -4.48. The predicted molar refractivity (Wildman–Crippen MR) is 70.3 cm³/mol. The predicted octanol–water partition coefficient (Wildman–Crippen LogP) is 2.78. The van der Waals surface area contributed by atoms with Gasteiger partial charge >= 0.3 is 6.18 Å². The second-order valence-corrected chi connectivity index (χ2v) is 5.06. The van der Waals surface area contributed by atoms with Crippen LogP contribution in [0.1, 0.15) is 28.3 Å². The number of fused-ring (bicyclic) bond motifs is 1. The second kappa shape index (κ2) is 4.77. The number of aryl methyl sites for hydroxylation is 2. The summed E-state index contributed by atoms with van der Waals surface area (Å²) in [5.74, 6) is 0.0957. The Labute approximate surface area is 119 Å². The molecule has 1 aliphatic rings. The highest BCUT2D eigenvalue weighted by atomic mass is 19.4. The smallest absolute Gasteiger partial charge is 0.307 e. The molecule has 0 aromatic carbocycles. The number of nitrogens with zero attached hydrogens (tertiary/aromatic N) is 3. The first kappa shape index (κ1) is 13.9. The second-order valence-electron chi connectivity index (χ2n) is 5.06. The number of aromatic nitrogens is 3. The van der Waals surface area contributed by atoms with Gasteiger partial charge in [0.1, 0.15) is 0 Å². The van der Waals surface area contributed by atoms with E-state index in [2.05, 4.69) is 20.3 Å². The fraction of sp³-hybridized carbons (Fsp3) is 0.357. The molecular formula is C14H13F3N4. The third-order valence-electron chi connectivity index (χ3n) is 3.30. The SMILES string of the molecule is Cc1cc(-c2nc3c(c(C(F)(F)F)n2)CNC3)cc(C)n1. The lowest BCUT2D eigenvalue weighted by atomic mass is 10.1. The molecule has 0 atom stereocenters. The summed E-state index contributed by atoms with van der Waals surface area (Å²) in [5.41, 5.74) is 1.72. The first-order valence-corrected chi connectivity index (χ1v) is 6.48. The first-order chi connectivity index (χ1) is 9.84. The lowest BCUT2D eigenvalue weighted by Gasteiger charge is -2.12. The monoisotopic (exact) mass is 294 g/mol. The maximum Gasteiger partial charge on any atom is 0.433 e. The number of hydrogen-bond donors (Lipinski definition) is 1. The molecule has 3 heterocycles. The lowest BCUT2D eigenvalue weighted by Crippen LogP contribution is -2.14. The molecule has 0 fully saturated rings. The Kier molecular flexibility index (Phi) is 3.16. The summed E-state index contributed by atoms with van der Waals surface area (Å²) in [6.45, 7) is 4.06. The van der Waals surface area contributed by atoms with Crippen molar-refractivity contribution in [2.24, 2.45) is 0 Å². The number of hydrogen-bond acceptors (Lipinski definition) is 4. The summed E-state index contributed by atoms with van der Waals surface area (Å²) in [7, 11) is 0. The van der Waals surface area contributed by atoms with Crippen LogP contribution in [0.4, 0.5) is 13.2 Å². The highest BCUT2D eigenvalue weighted by Crippen LogP contribution is 2.34. The van der Waals surface area contributed by atoms with Crippen molar-refractivity contribution >= 4 is 0 Å². The van der Waals surface area contributed by atoms with Crippen molar-refractivity contribution in [3.05, 3.63) is 40.5 Å². The Morgan fingerprint density at radius 2 is 1.67 bits per heavy atom. The quantitative estimate of drug-likeness (QED) is 0.878. The van der Waals surface area contributed by atoms with Gasteiger partial charge in [0.25, 0.3) is 0 Å². The van der Waals surface area contributed by atoms with Crippen LogP contribution in [0.25, 0.3) is 11.4 Å². The van der Waals surface area contributed by atoms with Crippen LogP contribution in [-0.2, 0) is 19.3 Å². The van der Waals surface area contributed by atoms with E-state index in [9.17, 15) is 13.2 Å². The molecule has 2 aromatic rings. The van der Waals surface area contributed by atoms with Crippen molar-refractivity contribution in [3.63, 3.8) is 0 Å². The van der Waals surface area contributed by atoms with E-state index in [-0.39, 0.29) is 17.9 Å². The van der Waals surface area contributed by atoms with Gasteiger partial charge in [0.2, 0.25) is 0 Å². The molecule has 0 saturated heterocycles. The van der Waals surface area contributed by atoms with E-state index >= 15 is 0 Å². The Bertz CT molecular complexity index is 690. The Balaban J connectivity index is 2.20. The number of rotatable bonds is 1. The maximum atomic E-state index is 13.2. The molecule has 3 rings (SSSR count). The van der Waals surface area contributed by atoms with Gasteiger partial charge in [-0.1, -0.05) is 0 Å². The molecule has 0 bridgehead atoms. The van der Waals surface area contributed by atoms with E-state index in [1.54, 1.807) is 26.0 Å². The first-order valence-electron chi connectivity index (χ1n) is 6.48. The number of nitrogens with one attached hydrogen (secondary N) is 1. The molecule has 7 heteroatoms. The van der Waals surface area contributed by atoms with Crippen LogP contribution in [0.5, 0.6) is 0 Å². The molecular weight excluding hydrogens is 281 g/mol. The van der Waals surface area contributed by atoms with Crippen molar-refractivity contribution < 1.29 is 13.2 Å². The normalized spacial score (nSPS) is 14.3. The minimum Gasteiger partial charge on any atom is -0.307 e. The average Bonchev–Trinajstić information content (AvgIpc) is 2.82. The van der Waals surface area contributed by atoms with E-state index in [4.69, 9.17) is 0 Å². The van der Waals surface area contributed by atoms with Crippen LogP contribution >= 0.6 is 0 Å². The minimum atomic E-state index is -4.48. The van der Waals surface area contributed by atoms with Crippen LogP contribution in [0, 0.1) is 13.8 Å². The molecule has 0 aliphatic carbocycles. The zero-order valence-corrected chi connectivity index (χ0v) is 11.5. The summed E-state index contributed by atoms with van der Waals surface area (Å²) in [5, 5.41) is 2.89. The molecule has 1 aliphatic heterocycles. The Morgan fingerprint density at radius 3 is 2.29 bits per heavy atom. The van der Waals surface area contributed by atoms with Crippen LogP contribution in [0.2, 0.25) is 0 Å². The molecule has 0 radical (unpaired) electrons. The van der Waals surface area contributed by atoms with Crippen molar-refractivity contribution in [3.8, 4) is 11.4 Å². The zero-order valence-electron chi connectivity index (χ0n) is 11.5. The van der Waals surface area contributed by atoms with Crippen LogP contribution in [-0.4, -0.2) is 15.0 Å². The van der Waals surface area contributed by atoms with Gasteiger partial charge < -0.3 is 5.32 Å². The highest BCUT2D eigenvalue weighted by molar-refractivity contribution is 5.57. The van der Waals surface area contributed by atoms with Gasteiger partial charge in [0.05, 0.1) is 5.69 Å². The third-order valence-corrected chi connectivity index (χ3v) is 3.30. The van der Waals surface area contributed by atoms with Gasteiger partial charge in [-0.3, -0.25) is 4.98 Å². The van der Waals surface area contributed by atoms with Crippen molar-refractivity contribution in [1.82, 2.24) is 20.3 Å². The van der Waals surface area contributed by atoms with Crippen LogP contribution < -0.4 is 5.32 Å². The Morgan fingerprint density at radius 1 is 1.00 bits per heavy atom. The van der Waals surface area contributed by atoms with Gasteiger partial charge in [-0.2, -0.15) is 13.2 Å². The fourth-order valence-electron chi connectivity index (χ4n) is 2.50. The van der Waals surface area contributed by atoms with E-state index < -0.39 is 11.9 Å². The molecule has 4 nitrogen and oxygen atoms in total. The molecule has 110 valence electrons. The molecule has 21 heavy (non-hydrogen) atoms. The van der Waals surface area contributed by atoms with Crippen molar-refractivity contribution in [1.29, 1.82) is 0 Å². The topological polar surface area (TPSA) is 50.7 Å². The molecule has 0 amide bonds. The van der Waals surface area contributed by atoms with Crippen LogP contribution in [0.3, 0.4) is 0 Å². The highest BCUT2D eigenvalue weighted by Gasteiger charge is 2.38. The van der Waals surface area contributed by atoms with Crippen LogP contribution in [0.15, 0.2) is 12.1 Å². The van der Waals surface area contributed by atoms with Gasteiger partial charge in [-0.15, -0.1) is 0 Å². The van der Waals surface area contributed by atoms with Gasteiger partial charge in [0, 0.05) is 35.6 Å². The minimum absolute atomic E-state index is 0.0957. The summed E-state index contributed by atoms with van der Waals surface area (Å²) in [6, 6.07) is 3.38. The largest absolute Gasteiger partial charge is 0.433 e. The number of pyridine rings is 1. The third kappa shape index (κ3) is 2.61. The maximum absolute atomic E-state index is 13.2. The number of alkyl halides is 3. The van der Waals surface area contributed by atoms with Crippen molar-refractivity contribution in [2.75, 3.05) is 0 Å². The fourth-order valence-corrected chi connectivity index (χ4v) is 2.50. The molecule has 0 saturated carbocycles. The van der Waals surface area contributed by atoms with Gasteiger partial charge in [0.15, 0.2) is 11.5 Å². The number of halogens is 3. The summed E-state index contributed by atoms with van der Waals surface area (Å²) in [4.78, 5) is 12.3. The van der Waals surface area contributed by atoms with E-state index in [0.29, 0.717) is 17.8 Å². The molecule has 1 N–H and O–H groups in total. The average molecular weight is 294 g/mol. The van der Waals surface area contributed by atoms with E-state index in [1.165, 1.54) is 0 Å². The van der Waals surface area contributed by atoms with E-state index in [0.717, 1.165) is 11.4 Å². The van der Waals surface area contributed by atoms with E-state index in [1.807, 2.05) is 0 Å². The van der Waals surface area contributed by atoms with Gasteiger partial charge in [-0.25, -0.2) is 9.97 Å². The van der Waals surface area contributed by atoms with Crippen molar-refractivity contribution in [2.45, 2.75) is 33.1 Å². The summed E-state index contributed by atoms with van der Waals surface area (Å²) >= 11 is 0. The molecule has 2 aromatic heterocycles. The van der Waals surface area contributed by atoms with Gasteiger partial charge in [-0.05, 0) is 26.0 Å². The zero-order chi connectivity index (χ0) is 15.2. The summed E-state index contributed by atoms with van der Waals surface area (Å²) < 4.78 is 39.5. The standard InChI is InChI=1S/C14H13F3N4/c1-7-3-9(4-8(2)19-7)13-20-11-6-18-5-10(11)12(21-13)14(15,16)17/h3-4,18H,5-6H2,1-2H3. The lowest BCUT2D eigenvalue weighted by molar-refractivity contribution is -0.141. The molecule has 0 spiro atoms. The Hall–Kier alpha value is -2.02. The molecule has 0 unspecified atom stereocenters.